The summed E-state index contributed by atoms with van der Waals surface area (Å²) >= 11 is 0. The number of aromatic carboxylic acids is 1. The van der Waals surface area contributed by atoms with Crippen LogP contribution in [0.5, 0.6) is 0 Å². The summed E-state index contributed by atoms with van der Waals surface area (Å²) in [5.41, 5.74) is 0.414. The van der Waals surface area contributed by atoms with Crippen molar-refractivity contribution in [3.05, 3.63) is 53.7 Å². The topological polar surface area (TPSA) is 66.3 Å². The highest BCUT2D eigenvalue weighted by Crippen LogP contribution is 2.13. The fourth-order valence-corrected chi connectivity index (χ4v) is 1.59. The summed E-state index contributed by atoms with van der Waals surface area (Å²) in [6.07, 6.45) is 2.53. The van der Waals surface area contributed by atoms with Gasteiger partial charge in [0, 0.05) is 19.2 Å². The molecular formula is C13H12FN3O2. The van der Waals surface area contributed by atoms with Crippen molar-refractivity contribution in [3.8, 4) is 0 Å². The zero-order valence-corrected chi connectivity index (χ0v) is 10.2. The van der Waals surface area contributed by atoms with Gasteiger partial charge in [0.05, 0.1) is 12.4 Å². The van der Waals surface area contributed by atoms with E-state index in [0.717, 1.165) is 0 Å². The molecule has 0 aliphatic heterocycles. The molecule has 6 heteroatoms. The summed E-state index contributed by atoms with van der Waals surface area (Å²) in [6, 6.07) is 6.46. The van der Waals surface area contributed by atoms with Crippen LogP contribution in [0.15, 0.2) is 36.7 Å². The van der Waals surface area contributed by atoms with Crippen molar-refractivity contribution in [2.75, 3.05) is 11.9 Å². The van der Waals surface area contributed by atoms with Gasteiger partial charge >= 0.3 is 5.97 Å². The van der Waals surface area contributed by atoms with Gasteiger partial charge in [-0.2, -0.15) is 0 Å². The molecule has 0 spiro atoms. The lowest BCUT2D eigenvalue weighted by atomic mass is 10.2. The number of hydrogen-bond acceptors (Lipinski definition) is 4. The number of aromatic nitrogens is 2. The van der Waals surface area contributed by atoms with Gasteiger partial charge < -0.3 is 10.0 Å². The van der Waals surface area contributed by atoms with E-state index in [2.05, 4.69) is 9.97 Å². The first-order chi connectivity index (χ1) is 9.08. The van der Waals surface area contributed by atoms with Crippen LogP contribution >= 0.6 is 0 Å². The van der Waals surface area contributed by atoms with Crippen LogP contribution in [0.25, 0.3) is 0 Å². The minimum Gasteiger partial charge on any atom is -0.476 e. The second-order valence-corrected chi connectivity index (χ2v) is 4.01. The molecule has 0 unspecified atom stereocenters. The summed E-state index contributed by atoms with van der Waals surface area (Å²) in [5.74, 6) is -0.937. The Balaban J connectivity index is 2.14. The van der Waals surface area contributed by atoms with E-state index >= 15 is 0 Å². The van der Waals surface area contributed by atoms with Gasteiger partial charge in [-0.1, -0.05) is 18.2 Å². The first-order valence-corrected chi connectivity index (χ1v) is 5.58. The molecular weight excluding hydrogens is 249 g/mol. The average Bonchev–Trinajstić information content (AvgIpc) is 2.41. The lowest BCUT2D eigenvalue weighted by Gasteiger charge is -2.18. The van der Waals surface area contributed by atoms with Gasteiger partial charge in [0.15, 0.2) is 5.69 Å². The van der Waals surface area contributed by atoms with Crippen LogP contribution in [0.3, 0.4) is 0 Å². The number of carboxylic acid groups (broad SMARTS) is 1. The standard InChI is InChI=1S/C13H12FN3O2/c1-17(8-9-4-2-3-5-10(9)14)12-7-15-11(6-16-12)13(18)19/h2-7H,8H2,1H3,(H,18,19). The lowest BCUT2D eigenvalue weighted by molar-refractivity contribution is 0.0690. The SMILES string of the molecule is CN(Cc1ccccc1F)c1cnc(C(=O)O)cn1. The molecule has 0 atom stereocenters. The highest BCUT2D eigenvalue weighted by molar-refractivity contribution is 5.84. The molecule has 0 fully saturated rings. The first-order valence-electron chi connectivity index (χ1n) is 5.58. The highest BCUT2D eigenvalue weighted by atomic mass is 19.1. The molecule has 2 aromatic rings. The third kappa shape index (κ3) is 3.04. The molecule has 19 heavy (non-hydrogen) atoms. The maximum Gasteiger partial charge on any atom is 0.356 e. The largest absolute Gasteiger partial charge is 0.476 e. The van der Waals surface area contributed by atoms with Crippen molar-refractivity contribution in [1.82, 2.24) is 9.97 Å². The van der Waals surface area contributed by atoms with Crippen LogP contribution in [-0.2, 0) is 6.54 Å². The van der Waals surface area contributed by atoms with E-state index in [-0.39, 0.29) is 11.5 Å². The third-order valence-corrected chi connectivity index (χ3v) is 2.61. The number of rotatable bonds is 4. The van der Waals surface area contributed by atoms with Crippen LogP contribution in [0.1, 0.15) is 16.1 Å². The van der Waals surface area contributed by atoms with Crippen molar-refractivity contribution in [1.29, 1.82) is 0 Å². The molecule has 0 radical (unpaired) electrons. The number of halogens is 1. The maximum atomic E-state index is 13.5. The summed E-state index contributed by atoms with van der Waals surface area (Å²) in [4.78, 5) is 20.1. The number of nitrogens with zero attached hydrogens (tertiary/aromatic N) is 3. The quantitative estimate of drug-likeness (QED) is 0.911. The summed E-state index contributed by atoms with van der Waals surface area (Å²) in [7, 11) is 1.73. The van der Waals surface area contributed by atoms with Crippen molar-refractivity contribution >= 4 is 11.8 Å². The fourth-order valence-electron chi connectivity index (χ4n) is 1.59. The van der Waals surface area contributed by atoms with Gasteiger partial charge in [-0.3, -0.25) is 0 Å². The number of anilines is 1. The second-order valence-electron chi connectivity index (χ2n) is 4.01. The van der Waals surface area contributed by atoms with Crippen LogP contribution in [0, 0.1) is 5.82 Å². The second kappa shape index (κ2) is 5.43. The molecule has 0 saturated carbocycles. The minimum absolute atomic E-state index is 0.122. The molecule has 1 N–H and O–H groups in total. The van der Waals surface area contributed by atoms with Gasteiger partial charge in [0.25, 0.3) is 0 Å². The Morgan fingerprint density at radius 3 is 2.63 bits per heavy atom. The monoisotopic (exact) mass is 261 g/mol. The van der Waals surface area contributed by atoms with E-state index in [0.29, 0.717) is 17.9 Å². The number of carbonyl (C=O) groups is 1. The lowest BCUT2D eigenvalue weighted by Crippen LogP contribution is -2.19. The Kier molecular flexibility index (Phi) is 3.70. The molecule has 1 heterocycles. The van der Waals surface area contributed by atoms with Gasteiger partial charge in [0.1, 0.15) is 11.6 Å². The molecule has 0 saturated heterocycles. The molecule has 0 aliphatic rings. The normalized spacial score (nSPS) is 10.2. The third-order valence-electron chi connectivity index (χ3n) is 2.61. The first kappa shape index (κ1) is 12.9. The molecule has 1 aromatic carbocycles. The molecule has 0 amide bonds. The van der Waals surface area contributed by atoms with E-state index in [1.54, 1.807) is 30.1 Å². The number of benzene rings is 1. The predicted molar refractivity (Wildman–Crippen MR) is 67.5 cm³/mol. The Bertz CT molecular complexity index is 587. The predicted octanol–water partition coefficient (Wildman–Crippen LogP) is 1.95. The molecule has 98 valence electrons. The van der Waals surface area contributed by atoms with Crippen LogP contribution in [0.4, 0.5) is 10.2 Å². The Labute approximate surface area is 109 Å². The van der Waals surface area contributed by atoms with E-state index < -0.39 is 5.97 Å². The van der Waals surface area contributed by atoms with Crippen molar-refractivity contribution in [2.45, 2.75) is 6.54 Å². The summed E-state index contributed by atoms with van der Waals surface area (Å²) < 4.78 is 13.5. The van der Waals surface area contributed by atoms with E-state index in [4.69, 9.17) is 5.11 Å². The van der Waals surface area contributed by atoms with Crippen molar-refractivity contribution in [3.63, 3.8) is 0 Å². The number of carboxylic acids is 1. The van der Waals surface area contributed by atoms with Gasteiger partial charge in [0.2, 0.25) is 0 Å². The van der Waals surface area contributed by atoms with Crippen molar-refractivity contribution < 1.29 is 14.3 Å². The van der Waals surface area contributed by atoms with Gasteiger partial charge in [-0.15, -0.1) is 0 Å². The molecule has 1 aromatic heterocycles. The molecule has 2 rings (SSSR count). The average molecular weight is 261 g/mol. The Morgan fingerprint density at radius 2 is 2.05 bits per heavy atom. The number of hydrogen-bond donors (Lipinski definition) is 1. The van der Waals surface area contributed by atoms with Crippen LogP contribution < -0.4 is 4.90 Å². The Morgan fingerprint density at radius 1 is 1.32 bits per heavy atom. The van der Waals surface area contributed by atoms with Crippen LogP contribution in [0.2, 0.25) is 0 Å². The van der Waals surface area contributed by atoms with Crippen molar-refractivity contribution in [2.24, 2.45) is 0 Å². The minimum atomic E-state index is -1.13. The summed E-state index contributed by atoms with van der Waals surface area (Å²) in [5, 5.41) is 8.72. The van der Waals surface area contributed by atoms with E-state index in [1.807, 2.05) is 0 Å². The van der Waals surface area contributed by atoms with Crippen LogP contribution in [-0.4, -0.2) is 28.1 Å². The van der Waals surface area contributed by atoms with E-state index in [1.165, 1.54) is 18.5 Å². The highest BCUT2D eigenvalue weighted by Gasteiger charge is 2.09. The zero-order chi connectivity index (χ0) is 13.8. The zero-order valence-electron chi connectivity index (χ0n) is 10.2. The smallest absolute Gasteiger partial charge is 0.356 e. The van der Waals surface area contributed by atoms with Gasteiger partial charge in [-0.25, -0.2) is 19.2 Å². The summed E-state index contributed by atoms with van der Waals surface area (Å²) in [6.45, 7) is 0.327. The molecule has 5 nitrogen and oxygen atoms in total. The van der Waals surface area contributed by atoms with E-state index in [9.17, 15) is 9.18 Å². The molecule has 0 bridgehead atoms. The fraction of sp³-hybridized carbons (Fsp3) is 0.154. The molecule has 0 aliphatic carbocycles. The Hall–Kier alpha value is -2.50. The van der Waals surface area contributed by atoms with Gasteiger partial charge in [-0.05, 0) is 6.07 Å². The maximum absolute atomic E-state index is 13.5.